The molecule has 0 fully saturated rings. The number of rotatable bonds is 2. The zero-order chi connectivity index (χ0) is 5.82. The van der Waals surface area contributed by atoms with Crippen molar-refractivity contribution in [3.05, 3.63) is 24.3 Å². The van der Waals surface area contributed by atoms with Crippen LogP contribution in [0.4, 0.5) is 0 Å². The Morgan fingerprint density at radius 3 is 2.33 bits per heavy atom. The van der Waals surface area contributed by atoms with Gasteiger partial charge in [0, 0.05) is 5.75 Å². The van der Waals surface area contributed by atoms with E-state index >= 15 is 0 Å². The molecule has 0 aromatic heterocycles. The Labute approximate surface area is 77.7 Å². The predicted molar refractivity (Wildman–Crippen MR) is 33.2 cm³/mol. The van der Waals surface area contributed by atoms with Gasteiger partial charge in [-0.1, -0.05) is 0 Å². The third-order valence-corrected chi connectivity index (χ3v) is 0.943. The van der Waals surface area contributed by atoms with Gasteiger partial charge in [0.1, 0.15) is 0 Å². The summed E-state index contributed by atoms with van der Waals surface area (Å²) in [4.78, 5) is 0. The van der Waals surface area contributed by atoms with Gasteiger partial charge in [0.25, 0.3) is 0 Å². The van der Waals surface area contributed by atoms with Crippen molar-refractivity contribution in [2.24, 2.45) is 0 Å². The Morgan fingerprint density at radius 2 is 1.89 bits per heavy atom. The average Bonchev–Trinajstić information content (AvgIpc) is 2.19. The third kappa shape index (κ3) is 2.99. The summed E-state index contributed by atoms with van der Waals surface area (Å²) in [6.07, 6.45) is 0. The molecule has 1 aromatic carbocycles. The monoisotopic (exact) mass is 132 g/mol. The minimum atomic E-state index is 0. The quantitative estimate of drug-likeness (QED) is 0.363. The van der Waals surface area contributed by atoms with E-state index in [0.29, 0.717) is 0 Å². The summed E-state index contributed by atoms with van der Waals surface area (Å²) in [7, 11) is 0. The molecule has 0 radical (unpaired) electrons. The molecule has 0 saturated carbocycles. The topological polar surface area (TPSA) is 9.23 Å². The van der Waals surface area contributed by atoms with E-state index in [9.17, 15) is 0 Å². The first kappa shape index (κ1) is 9.15. The van der Waals surface area contributed by atoms with E-state index in [4.69, 9.17) is 4.74 Å². The van der Waals surface area contributed by atoms with Gasteiger partial charge in [-0.25, -0.2) is 12.1 Å². The SMILES string of the molecule is CCO[c-]1cccc1.[Na+]. The number of hydrogen-bond donors (Lipinski definition) is 0. The van der Waals surface area contributed by atoms with E-state index in [1.165, 1.54) is 0 Å². The number of ether oxygens (including phenoxy) is 1. The van der Waals surface area contributed by atoms with Crippen molar-refractivity contribution in [2.45, 2.75) is 6.92 Å². The molecule has 0 bridgehead atoms. The molecule has 1 nitrogen and oxygen atoms in total. The Kier molecular flexibility index (Phi) is 5.06. The third-order valence-electron chi connectivity index (χ3n) is 0.943. The van der Waals surface area contributed by atoms with Gasteiger partial charge in [-0.3, -0.25) is 0 Å². The normalized spacial score (nSPS) is 8.11. The van der Waals surface area contributed by atoms with Gasteiger partial charge in [-0.05, 0) is 6.92 Å². The zero-order valence-electron chi connectivity index (χ0n) is 5.92. The molecule has 0 atom stereocenters. The minimum Gasteiger partial charge on any atom is -0.551 e. The summed E-state index contributed by atoms with van der Waals surface area (Å²) >= 11 is 0. The van der Waals surface area contributed by atoms with Gasteiger partial charge in [0.15, 0.2) is 0 Å². The summed E-state index contributed by atoms with van der Waals surface area (Å²) in [5.41, 5.74) is 0. The predicted octanol–water partition coefficient (Wildman–Crippen LogP) is -1.19. The molecule has 0 amide bonds. The van der Waals surface area contributed by atoms with Crippen LogP contribution in [0.1, 0.15) is 6.92 Å². The van der Waals surface area contributed by atoms with Crippen molar-refractivity contribution in [3.8, 4) is 5.75 Å². The van der Waals surface area contributed by atoms with Crippen LogP contribution in [0.25, 0.3) is 0 Å². The van der Waals surface area contributed by atoms with Gasteiger partial charge in [-0.15, -0.1) is 12.1 Å². The molecule has 0 aliphatic carbocycles. The molecular formula is C7H9NaO. The molecule has 2 heteroatoms. The van der Waals surface area contributed by atoms with E-state index in [2.05, 4.69) is 0 Å². The molecule has 0 N–H and O–H groups in total. The number of hydrogen-bond acceptors (Lipinski definition) is 1. The van der Waals surface area contributed by atoms with Crippen LogP contribution < -0.4 is 34.3 Å². The van der Waals surface area contributed by atoms with Crippen LogP contribution in [0.15, 0.2) is 24.3 Å². The maximum absolute atomic E-state index is 5.15. The maximum atomic E-state index is 5.15. The van der Waals surface area contributed by atoms with Crippen LogP contribution in [0, 0.1) is 0 Å². The van der Waals surface area contributed by atoms with Crippen molar-refractivity contribution in [3.63, 3.8) is 0 Å². The molecule has 0 unspecified atom stereocenters. The second-order valence-corrected chi connectivity index (χ2v) is 1.55. The molecule has 0 saturated heterocycles. The summed E-state index contributed by atoms with van der Waals surface area (Å²) < 4.78 is 5.15. The van der Waals surface area contributed by atoms with Gasteiger partial charge >= 0.3 is 29.6 Å². The largest absolute Gasteiger partial charge is 1.00 e. The average molecular weight is 132 g/mol. The van der Waals surface area contributed by atoms with Gasteiger partial charge in [0.2, 0.25) is 0 Å². The maximum Gasteiger partial charge on any atom is 1.00 e. The van der Waals surface area contributed by atoms with E-state index in [1.54, 1.807) is 0 Å². The van der Waals surface area contributed by atoms with Crippen LogP contribution in [-0.2, 0) is 0 Å². The second-order valence-electron chi connectivity index (χ2n) is 1.55. The Balaban J connectivity index is 0.000000640. The molecule has 44 valence electrons. The standard InChI is InChI=1S/C7H9O.Na/c1-2-8-7-5-3-4-6-7;/h3-6H,2H2,1H3;/q-1;+1. The van der Waals surface area contributed by atoms with Gasteiger partial charge < -0.3 is 4.74 Å². The molecule has 1 aromatic rings. The van der Waals surface area contributed by atoms with Crippen molar-refractivity contribution in [1.82, 2.24) is 0 Å². The summed E-state index contributed by atoms with van der Waals surface area (Å²) in [6.45, 7) is 2.73. The molecule has 0 aliphatic rings. The molecule has 0 spiro atoms. The molecule has 0 heterocycles. The van der Waals surface area contributed by atoms with Crippen molar-refractivity contribution >= 4 is 0 Å². The first-order valence-corrected chi connectivity index (χ1v) is 2.78. The fourth-order valence-electron chi connectivity index (χ4n) is 0.619. The first-order valence-electron chi connectivity index (χ1n) is 2.78. The fourth-order valence-corrected chi connectivity index (χ4v) is 0.619. The molecule has 9 heavy (non-hydrogen) atoms. The van der Waals surface area contributed by atoms with E-state index < -0.39 is 0 Å². The molecular weight excluding hydrogens is 123 g/mol. The Morgan fingerprint density at radius 1 is 1.33 bits per heavy atom. The van der Waals surface area contributed by atoms with Crippen LogP contribution in [0.5, 0.6) is 5.75 Å². The van der Waals surface area contributed by atoms with Crippen LogP contribution in [-0.4, -0.2) is 6.61 Å². The van der Waals surface area contributed by atoms with E-state index in [-0.39, 0.29) is 29.6 Å². The Hall–Kier alpha value is 0.150. The van der Waals surface area contributed by atoms with Crippen LogP contribution >= 0.6 is 0 Å². The van der Waals surface area contributed by atoms with Crippen molar-refractivity contribution in [1.29, 1.82) is 0 Å². The van der Waals surface area contributed by atoms with Crippen LogP contribution in [0.2, 0.25) is 0 Å². The fraction of sp³-hybridized carbons (Fsp3) is 0.286. The first-order chi connectivity index (χ1) is 3.93. The minimum absolute atomic E-state index is 0. The van der Waals surface area contributed by atoms with Crippen molar-refractivity contribution < 1.29 is 34.3 Å². The molecule has 1 rings (SSSR count). The summed E-state index contributed by atoms with van der Waals surface area (Å²) in [6, 6.07) is 7.82. The van der Waals surface area contributed by atoms with Crippen molar-refractivity contribution in [2.75, 3.05) is 6.61 Å². The van der Waals surface area contributed by atoms with Gasteiger partial charge in [0.05, 0.1) is 6.61 Å². The Bertz CT molecular complexity index is 135. The van der Waals surface area contributed by atoms with Gasteiger partial charge in [-0.2, -0.15) is 0 Å². The summed E-state index contributed by atoms with van der Waals surface area (Å²) in [5, 5.41) is 0. The van der Waals surface area contributed by atoms with E-state index in [0.717, 1.165) is 12.4 Å². The smallest absolute Gasteiger partial charge is 0.551 e. The second kappa shape index (κ2) is 4.98. The summed E-state index contributed by atoms with van der Waals surface area (Å²) in [5.74, 6) is 0.965. The van der Waals surface area contributed by atoms with Crippen LogP contribution in [0.3, 0.4) is 0 Å². The van der Waals surface area contributed by atoms with E-state index in [1.807, 2.05) is 31.2 Å². The zero-order valence-corrected chi connectivity index (χ0v) is 7.92. The molecule has 0 aliphatic heterocycles.